The highest BCUT2D eigenvalue weighted by molar-refractivity contribution is 9.10. The molecule has 1 heterocycles. The number of nitrogens with zero attached hydrogens (tertiary/aromatic N) is 1. The van der Waals surface area contributed by atoms with E-state index in [4.69, 9.17) is 11.6 Å². The minimum Gasteiger partial charge on any atom is -0.326 e. The fourth-order valence-electron chi connectivity index (χ4n) is 3.67. The lowest BCUT2D eigenvalue weighted by atomic mass is 10.1. The Labute approximate surface area is 178 Å². The van der Waals surface area contributed by atoms with E-state index in [1.54, 1.807) is 6.07 Å². The lowest BCUT2D eigenvalue weighted by Gasteiger charge is -2.17. The molecule has 1 saturated heterocycles. The number of hydrogen-bond donors (Lipinski definition) is 1. The van der Waals surface area contributed by atoms with Gasteiger partial charge in [-0.3, -0.25) is 4.79 Å². The average Bonchev–Trinajstić information content (AvgIpc) is 3.27. The summed E-state index contributed by atoms with van der Waals surface area (Å²) in [6.45, 7) is 1.01. The SMILES string of the molecule is O=C(Nc1ccc(Cl)c(S(=O)(=O)N2CCCC2)c1)C1CC1c1cccc(Br)c1. The maximum atomic E-state index is 12.8. The van der Waals surface area contributed by atoms with Crippen LogP contribution in [0.3, 0.4) is 0 Å². The Morgan fingerprint density at radius 3 is 2.61 bits per heavy atom. The quantitative estimate of drug-likeness (QED) is 0.674. The van der Waals surface area contributed by atoms with E-state index in [1.807, 2.05) is 24.3 Å². The summed E-state index contributed by atoms with van der Waals surface area (Å²) in [7, 11) is -3.65. The van der Waals surface area contributed by atoms with Crippen molar-refractivity contribution in [2.24, 2.45) is 5.92 Å². The van der Waals surface area contributed by atoms with E-state index >= 15 is 0 Å². The molecule has 1 N–H and O–H groups in total. The highest BCUT2D eigenvalue weighted by Gasteiger charge is 2.44. The number of halogens is 2. The number of anilines is 1. The smallest absolute Gasteiger partial charge is 0.244 e. The molecule has 2 aromatic carbocycles. The average molecular weight is 484 g/mol. The standard InChI is InChI=1S/C20H20BrClN2O3S/c21-14-5-3-4-13(10-14)16-12-17(16)20(25)23-15-6-7-18(22)19(11-15)28(26,27)24-8-1-2-9-24/h3-7,10-11,16-17H,1-2,8-9,12H2,(H,23,25). The van der Waals surface area contributed by atoms with Crippen LogP contribution in [0.4, 0.5) is 5.69 Å². The first-order valence-corrected chi connectivity index (χ1v) is 11.8. The van der Waals surface area contributed by atoms with Crippen molar-refractivity contribution < 1.29 is 13.2 Å². The number of nitrogens with one attached hydrogen (secondary N) is 1. The molecular formula is C20H20BrClN2O3S. The molecular weight excluding hydrogens is 464 g/mol. The van der Waals surface area contributed by atoms with Gasteiger partial charge in [0.05, 0.1) is 5.02 Å². The first kappa shape index (κ1) is 19.9. The van der Waals surface area contributed by atoms with Crippen LogP contribution in [0.5, 0.6) is 0 Å². The number of carbonyl (C=O) groups excluding carboxylic acids is 1. The van der Waals surface area contributed by atoms with Crippen LogP contribution in [-0.4, -0.2) is 31.7 Å². The van der Waals surface area contributed by atoms with Gasteiger partial charge in [-0.1, -0.05) is 39.7 Å². The molecule has 1 amide bonds. The molecule has 28 heavy (non-hydrogen) atoms. The molecule has 4 rings (SSSR count). The molecule has 1 saturated carbocycles. The van der Waals surface area contributed by atoms with Gasteiger partial charge in [0.1, 0.15) is 4.90 Å². The number of sulfonamides is 1. The Morgan fingerprint density at radius 2 is 1.89 bits per heavy atom. The van der Waals surface area contributed by atoms with E-state index < -0.39 is 10.0 Å². The summed E-state index contributed by atoms with van der Waals surface area (Å²) >= 11 is 9.62. The fourth-order valence-corrected chi connectivity index (χ4v) is 6.11. The summed E-state index contributed by atoms with van der Waals surface area (Å²) in [6.07, 6.45) is 2.49. The lowest BCUT2D eigenvalue weighted by molar-refractivity contribution is -0.117. The van der Waals surface area contributed by atoms with Crippen LogP contribution < -0.4 is 5.32 Å². The molecule has 2 unspecified atom stereocenters. The van der Waals surface area contributed by atoms with Gasteiger partial charge < -0.3 is 5.32 Å². The third-order valence-corrected chi connectivity index (χ3v) is 8.16. The molecule has 2 aliphatic rings. The van der Waals surface area contributed by atoms with E-state index in [0.717, 1.165) is 29.3 Å². The van der Waals surface area contributed by atoms with Crippen molar-refractivity contribution >= 4 is 49.1 Å². The largest absolute Gasteiger partial charge is 0.326 e. The first-order valence-electron chi connectivity index (χ1n) is 9.22. The van der Waals surface area contributed by atoms with E-state index in [2.05, 4.69) is 21.2 Å². The highest BCUT2D eigenvalue weighted by atomic mass is 79.9. The minimum atomic E-state index is -3.65. The third kappa shape index (κ3) is 3.99. The maximum absolute atomic E-state index is 12.8. The summed E-state index contributed by atoms with van der Waals surface area (Å²) in [5, 5.41) is 3.03. The summed E-state index contributed by atoms with van der Waals surface area (Å²) in [5.74, 6) is -0.0157. The summed E-state index contributed by atoms with van der Waals surface area (Å²) < 4.78 is 28.1. The van der Waals surface area contributed by atoms with Gasteiger partial charge in [-0.05, 0) is 61.1 Å². The predicted molar refractivity (Wildman–Crippen MR) is 113 cm³/mol. The summed E-state index contributed by atoms with van der Waals surface area (Å²) in [6, 6.07) is 12.6. The normalized spacial score (nSPS) is 22.2. The van der Waals surface area contributed by atoms with Crippen LogP contribution in [0, 0.1) is 5.92 Å². The molecule has 0 radical (unpaired) electrons. The molecule has 0 aromatic heterocycles. The Kier molecular flexibility index (Phi) is 5.53. The first-order chi connectivity index (χ1) is 13.4. The molecule has 2 fully saturated rings. The van der Waals surface area contributed by atoms with Gasteiger partial charge in [-0.2, -0.15) is 4.31 Å². The van der Waals surface area contributed by atoms with Gasteiger partial charge in [0, 0.05) is 29.2 Å². The predicted octanol–water partition coefficient (Wildman–Crippen LogP) is 4.63. The number of rotatable bonds is 5. The van der Waals surface area contributed by atoms with Gasteiger partial charge in [0.2, 0.25) is 15.9 Å². The Balaban J connectivity index is 1.49. The molecule has 0 bridgehead atoms. The van der Waals surface area contributed by atoms with Gasteiger partial charge in [0.15, 0.2) is 0 Å². The molecule has 5 nitrogen and oxygen atoms in total. The van der Waals surface area contributed by atoms with Crippen molar-refractivity contribution in [3.63, 3.8) is 0 Å². The van der Waals surface area contributed by atoms with E-state index in [1.165, 1.54) is 16.4 Å². The zero-order valence-electron chi connectivity index (χ0n) is 15.1. The van der Waals surface area contributed by atoms with Gasteiger partial charge in [-0.25, -0.2) is 8.42 Å². The third-order valence-electron chi connectivity index (χ3n) is 5.29. The van der Waals surface area contributed by atoms with E-state index in [-0.39, 0.29) is 27.7 Å². The Morgan fingerprint density at radius 1 is 1.14 bits per heavy atom. The molecule has 1 aliphatic carbocycles. The van der Waals surface area contributed by atoms with Gasteiger partial charge in [-0.15, -0.1) is 0 Å². The zero-order chi connectivity index (χ0) is 19.9. The zero-order valence-corrected chi connectivity index (χ0v) is 18.2. The molecule has 148 valence electrons. The molecule has 8 heteroatoms. The van der Waals surface area contributed by atoms with Gasteiger partial charge in [0.25, 0.3) is 0 Å². The van der Waals surface area contributed by atoms with Crippen molar-refractivity contribution in [1.82, 2.24) is 4.31 Å². The summed E-state index contributed by atoms with van der Waals surface area (Å²) in [4.78, 5) is 12.7. The van der Waals surface area contributed by atoms with Crippen molar-refractivity contribution in [3.8, 4) is 0 Å². The van der Waals surface area contributed by atoms with Crippen LogP contribution in [0.15, 0.2) is 51.8 Å². The highest BCUT2D eigenvalue weighted by Crippen LogP contribution is 2.48. The fraction of sp³-hybridized carbons (Fsp3) is 0.350. The van der Waals surface area contributed by atoms with Crippen molar-refractivity contribution in [2.45, 2.75) is 30.1 Å². The van der Waals surface area contributed by atoms with Crippen LogP contribution in [0.2, 0.25) is 5.02 Å². The van der Waals surface area contributed by atoms with E-state index in [9.17, 15) is 13.2 Å². The number of amides is 1. The van der Waals surface area contributed by atoms with Crippen LogP contribution >= 0.6 is 27.5 Å². The van der Waals surface area contributed by atoms with Gasteiger partial charge >= 0.3 is 0 Å². The second-order valence-electron chi connectivity index (χ2n) is 7.25. The number of benzene rings is 2. The minimum absolute atomic E-state index is 0.0493. The van der Waals surface area contributed by atoms with Crippen molar-refractivity contribution in [3.05, 3.63) is 57.5 Å². The summed E-state index contributed by atoms with van der Waals surface area (Å²) in [5.41, 5.74) is 1.58. The van der Waals surface area contributed by atoms with Crippen LogP contribution in [0.1, 0.15) is 30.7 Å². The van der Waals surface area contributed by atoms with Crippen LogP contribution in [0.25, 0.3) is 0 Å². The maximum Gasteiger partial charge on any atom is 0.244 e. The van der Waals surface area contributed by atoms with Crippen molar-refractivity contribution in [2.75, 3.05) is 18.4 Å². The monoisotopic (exact) mass is 482 g/mol. The van der Waals surface area contributed by atoms with Crippen molar-refractivity contribution in [1.29, 1.82) is 0 Å². The molecule has 2 aromatic rings. The molecule has 2 atom stereocenters. The Bertz CT molecular complexity index is 1020. The van der Waals surface area contributed by atoms with Crippen LogP contribution in [-0.2, 0) is 14.8 Å². The second-order valence-corrected chi connectivity index (χ2v) is 10.5. The lowest BCUT2D eigenvalue weighted by Crippen LogP contribution is -2.28. The van der Waals surface area contributed by atoms with E-state index in [0.29, 0.717) is 18.8 Å². The Hall–Kier alpha value is -1.41. The molecule has 1 aliphatic heterocycles. The second kappa shape index (κ2) is 7.78. The topological polar surface area (TPSA) is 66.5 Å². The number of hydrogen-bond acceptors (Lipinski definition) is 3. The molecule has 0 spiro atoms. The number of carbonyl (C=O) groups is 1.